The topological polar surface area (TPSA) is 78.4 Å². The second-order valence-corrected chi connectivity index (χ2v) is 7.31. The molecule has 0 fully saturated rings. The monoisotopic (exact) mass is 425 g/mol. The van der Waals surface area contributed by atoms with Crippen LogP contribution in [0.4, 0.5) is 5.69 Å². The molecular formula is C22H17Cl2N3O2. The van der Waals surface area contributed by atoms with Gasteiger partial charge in [0.15, 0.2) is 0 Å². The summed E-state index contributed by atoms with van der Waals surface area (Å²) in [5.41, 5.74) is 1.29. The van der Waals surface area contributed by atoms with Crippen molar-refractivity contribution >= 4 is 35.1 Å². The summed E-state index contributed by atoms with van der Waals surface area (Å²) in [5, 5.41) is 21.2. The fourth-order valence-electron chi connectivity index (χ4n) is 3.06. The van der Waals surface area contributed by atoms with Crippen LogP contribution in [0, 0.1) is 18.3 Å². The van der Waals surface area contributed by atoms with Crippen molar-refractivity contribution < 1.29 is 5.11 Å². The molecule has 0 aliphatic rings. The fourth-order valence-corrected chi connectivity index (χ4v) is 3.51. The molecule has 0 bridgehead atoms. The lowest BCUT2D eigenvalue weighted by atomic mass is 10.0. The summed E-state index contributed by atoms with van der Waals surface area (Å²) in [6, 6.07) is 15.6. The number of nitrogens with zero attached hydrogens (tertiary/aromatic N) is 3. The molecule has 7 heteroatoms. The first-order chi connectivity index (χ1) is 13.8. The molecule has 0 saturated heterocycles. The number of hydrogen-bond donors (Lipinski definition) is 1. The van der Waals surface area contributed by atoms with Crippen LogP contribution in [-0.4, -0.2) is 15.9 Å². The lowest BCUT2D eigenvalue weighted by Gasteiger charge is -2.20. The molecule has 1 atom stereocenters. The largest absolute Gasteiger partial charge is 0.494 e. The third kappa shape index (κ3) is 4.04. The molecule has 0 radical (unpaired) electrons. The number of rotatable bonds is 4. The number of aromatic nitrogens is 1. The van der Waals surface area contributed by atoms with E-state index in [1.54, 1.807) is 32.0 Å². The highest BCUT2D eigenvalue weighted by molar-refractivity contribution is 6.36. The second kappa shape index (κ2) is 8.52. The molecule has 3 aromatic rings. The number of benzene rings is 2. The van der Waals surface area contributed by atoms with E-state index < -0.39 is 11.6 Å². The highest BCUT2D eigenvalue weighted by atomic mass is 35.5. The van der Waals surface area contributed by atoms with E-state index in [2.05, 4.69) is 4.99 Å². The summed E-state index contributed by atoms with van der Waals surface area (Å²) in [7, 11) is 0. The van der Waals surface area contributed by atoms with Crippen LogP contribution in [0.25, 0.3) is 0 Å². The van der Waals surface area contributed by atoms with E-state index in [1.165, 1.54) is 10.8 Å². The van der Waals surface area contributed by atoms with Crippen LogP contribution in [0.2, 0.25) is 10.0 Å². The van der Waals surface area contributed by atoms with E-state index in [1.807, 2.05) is 36.4 Å². The Hall–Kier alpha value is -3.07. The molecular weight excluding hydrogens is 409 g/mol. The van der Waals surface area contributed by atoms with Crippen molar-refractivity contribution in [3.05, 3.63) is 91.2 Å². The van der Waals surface area contributed by atoms with Gasteiger partial charge in [-0.3, -0.25) is 14.4 Å². The average Bonchev–Trinajstić information content (AvgIpc) is 2.70. The Morgan fingerprint density at radius 1 is 1.21 bits per heavy atom. The zero-order valence-electron chi connectivity index (χ0n) is 15.7. The highest BCUT2D eigenvalue weighted by Gasteiger charge is 2.22. The van der Waals surface area contributed by atoms with E-state index in [9.17, 15) is 15.2 Å². The molecule has 3 rings (SSSR count). The first kappa shape index (κ1) is 20.7. The van der Waals surface area contributed by atoms with Gasteiger partial charge < -0.3 is 5.11 Å². The quantitative estimate of drug-likeness (QED) is 0.568. The minimum Gasteiger partial charge on any atom is -0.494 e. The maximum atomic E-state index is 12.9. The zero-order chi connectivity index (χ0) is 21.1. The van der Waals surface area contributed by atoms with Gasteiger partial charge in [-0.2, -0.15) is 5.26 Å². The molecule has 0 saturated carbocycles. The molecule has 146 valence electrons. The van der Waals surface area contributed by atoms with Crippen molar-refractivity contribution in [3.63, 3.8) is 0 Å². The summed E-state index contributed by atoms with van der Waals surface area (Å²) < 4.78 is 1.20. The van der Waals surface area contributed by atoms with Gasteiger partial charge in [-0.1, -0.05) is 53.5 Å². The number of nitriles is 1. The summed E-state index contributed by atoms with van der Waals surface area (Å²) >= 11 is 12.1. The van der Waals surface area contributed by atoms with E-state index in [4.69, 9.17) is 23.2 Å². The smallest absolute Gasteiger partial charge is 0.272 e. The fraction of sp³-hybridized carbons (Fsp3) is 0.136. The lowest BCUT2D eigenvalue weighted by molar-refractivity contribution is 0.393. The van der Waals surface area contributed by atoms with Gasteiger partial charge >= 0.3 is 0 Å². The van der Waals surface area contributed by atoms with Crippen LogP contribution in [0.15, 0.2) is 58.3 Å². The Kier molecular flexibility index (Phi) is 6.07. The van der Waals surface area contributed by atoms with Crippen LogP contribution in [0.1, 0.15) is 35.2 Å². The molecule has 0 aliphatic heterocycles. The minimum absolute atomic E-state index is 0.0470. The van der Waals surface area contributed by atoms with Crippen LogP contribution < -0.4 is 5.56 Å². The Labute approximate surface area is 178 Å². The predicted molar refractivity (Wildman–Crippen MR) is 116 cm³/mol. The van der Waals surface area contributed by atoms with Crippen molar-refractivity contribution in [3.8, 4) is 11.9 Å². The van der Waals surface area contributed by atoms with Gasteiger partial charge in [0.25, 0.3) is 5.56 Å². The maximum absolute atomic E-state index is 12.9. The molecule has 5 nitrogen and oxygen atoms in total. The number of pyridine rings is 1. The molecule has 1 N–H and O–H groups in total. The first-order valence-corrected chi connectivity index (χ1v) is 9.53. The van der Waals surface area contributed by atoms with Gasteiger partial charge in [0.05, 0.1) is 22.3 Å². The minimum atomic E-state index is -0.555. The average molecular weight is 426 g/mol. The summed E-state index contributed by atoms with van der Waals surface area (Å²) in [6.07, 6.45) is 1.40. The van der Waals surface area contributed by atoms with Crippen LogP contribution in [0.3, 0.4) is 0 Å². The Morgan fingerprint density at radius 2 is 1.90 bits per heavy atom. The van der Waals surface area contributed by atoms with Crippen molar-refractivity contribution in [2.24, 2.45) is 4.99 Å². The second-order valence-electron chi connectivity index (χ2n) is 6.46. The molecule has 0 aliphatic carbocycles. The van der Waals surface area contributed by atoms with E-state index >= 15 is 0 Å². The normalized spacial score (nSPS) is 12.1. The van der Waals surface area contributed by atoms with Crippen LogP contribution in [0.5, 0.6) is 5.88 Å². The molecule has 0 amide bonds. The standard InChI is InChI=1S/C22H17Cl2N3O2/c1-13-17(11-25)21(28)27(14(2)15-6-4-3-5-7-15)22(29)18(13)12-26-20-9-8-16(23)10-19(20)24/h3-10,12,14,29H,1-2H3. The molecule has 1 heterocycles. The van der Waals surface area contributed by atoms with E-state index in [0.717, 1.165) is 5.56 Å². The SMILES string of the molecule is Cc1c(C=Nc2ccc(Cl)cc2Cl)c(O)n(C(C)c2ccccc2)c(=O)c1C#N. The molecule has 2 aromatic carbocycles. The molecule has 1 unspecified atom stereocenters. The lowest BCUT2D eigenvalue weighted by Crippen LogP contribution is -2.28. The molecule has 29 heavy (non-hydrogen) atoms. The van der Waals surface area contributed by atoms with E-state index in [0.29, 0.717) is 21.3 Å². The summed E-state index contributed by atoms with van der Waals surface area (Å²) in [4.78, 5) is 17.2. The van der Waals surface area contributed by atoms with Crippen LogP contribution in [-0.2, 0) is 0 Å². The summed E-state index contributed by atoms with van der Waals surface area (Å²) in [6.45, 7) is 3.38. The Bertz CT molecular complexity index is 1200. The van der Waals surface area contributed by atoms with E-state index in [-0.39, 0.29) is 17.0 Å². The Balaban J connectivity index is 2.19. The van der Waals surface area contributed by atoms with Gasteiger partial charge in [-0.05, 0) is 43.2 Å². The van der Waals surface area contributed by atoms with Gasteiger partial charge in [-0.25, -0.2) is 0 Å². The third-order valence-corrected chi connectivity index (χ3v) is 5.24. The van der Waals surface area contributed by atoms with Crippen molar-refractivity contribution in [2.45, 2.75) is 19.9 Å². The first-order valence-electron chi connectivity index (χ1n) is 8.77. The molecule has 1 aromatic heterocycles. The Morgan fingerprint density at radius 3 is 2.52 bits per heavy atom. The summed E-state index contributed by atoms with van der Waals surface area (Å²) in [5.74, 6) is -0.267. The molecule has 0 spiro atoms. The number of halogens is 2. The third-order valence-electron chi connectivity index (χ3n) is 4.70. The predicted octanol–water partition coefficient (Wildman–Crippen LogP) is 5.40. The van der Waals surface area contributed by atoms with Gasteiger partial charge in [-0.15, -0.1) is 0 Å². The zero-order valence-corrected chi connectivity index (χ0v) is 17.2. The highest BCUT2D eigenvalue weighted by Crippen LogP contribution is 2.30. The van der Waals surface area contributed by atoms with Crippen molar-refractivity contribution in [2.75, 3.05) is 0 Å². The number of aliphatic imine (C=N–C) groups is 1. The van der Waals surface area contributed by atoms with Crippen molar-refractivity contribution in [1.29, 1.82) is 5.26 Å². The number of aromatic hydroxyl groups is 1. The number of hydrogen-bond acceptors (Lipinski definition) is 4. The van der Waals surface area contributed by atoms with Gasteiger partial charge in [0, 0.05) is 11.2 Å². The van der Waals surface area contributed by atoms with Gasteiger partial charge in [0.1, 0.15) is 11.6 Å². The van der Waals surface area contributed by atoms with Crippen molar-refractivity contribution in [1.82, 2.24) is 4.57 Å². The van der Waals surface area contributed by atoms with Crippen LogP contribution >= 0.6 is 23.2 Å². The maximum Gasteiger partial charge on any atom is 0.272 e. The van der Waals surface area contributed by atoms with Gasteiger partial charge in [0.2, 0.25) is 5.88 Å².